The summed E-state index contributed by atoms with van der Waals surface area (Å²) in [6.07, 6.45) is -2.77. The van der Waals surface area contributed by atoms with Crippen LogP contribution in [-0.2, 0) is 4.79 Å². The van der Waals surface area contributed by atoms with E-state index in [0.29, 0.717) is 6.92 Å². The fraction of sp³-hybridized carbons (Fsp3) is 0.375. The highest BCUT2D eigenvalue weighted by Gasteiger charge is 2.47. The third-order valence-electron chi connectivity index (χ3n) is 1.92. The van der Waals surface area contributed by atoms with Gasteiger partial charge < -0.3 is 5.11 Å². The molecule has 0 aromatic heterocycles. The van der Waals surface area contributed by atoms with Crippen molar-refractivity contribution in [3.8, 4) is 0 Å². The molecule has 2 nitrogen and oxygen atoms in total. The van der Waals surface area contributed by atoms with Crippen molar-refractivity contribution in [2.45, 2.75) is 18.8 Å². The average Bonchev–Trinajstić information content (AvgIpc) is 2.08. The zero-order valence-corrected chi connectivity index (χ0v) is 7.02. The highest BCUT2D eigenvalue weighted by atomic mass is 19.2. The van der Waals surface area contributed by atoms with Crippen LogP contribution in [-0.4, -0.2) is 22.9 Å². The van der Waals surface area contributed by atoms with Gasteiger partial charge in [0.15, 0.2) is 17.7 Å². The van der Waals surface area contributed by atoms with Crippen LogP contribution in [0.3, 0.4) is 0 Å². The molecule has 0 heterocycles. The quantitative estimate of drug-likeness (QED) is 0.674. The van der Waals surface area contributed by atoms with E-state index in [0.717, 1.165) is 0 Å². The Morgan fingerprint density at radius 2 is 2.07 bits per heavy atom. The summed E-state index contributed by atoms with van der Waals surface area (Å²) in [4.78, 5) is 10.3. The molecule has 0 saturated heterocycles. The van der Waals surface area contributed by atoms with Crippen LogP contribution in [0.15, 0.2) is 23.3 Å². The fourth-order valence-corrected chi connectivity index (χ4v) is 0.996. The van der Waals surface area contributed by atoms with Crippen molar-refractivity contribution in [2.75, 3.05) is 0 Å². The number of aliphatic carboxylic acids is 1. The van der Waals surface area contributed by atoms with Gasteiger partial charge >= 0.3 is 5.97 Å². The molecule has 6 heteroatoms. The Bertz CT molecular complexity index is 343. The van der Waals surface area contributed by atoms with Gasteiger partial charge in [-0.1, -0.05) is 0 Å². The van der Waals surface area contributed by atoms with E-state index in [2.05, 4.69) is 0 Å². The number of carbonyl (C=O) groups is 1. The minimum atomic E-state index is -3.14. The number of carboxylic acids is 1. The lowest BCUT2D eigenvalue weighted by Gasteiger charge is -2.25. The van der Waals surface area contributed by atoms with Gasteiger partial charge in [0.1, 0.15) is 5.83 Å². The minimum absolute atomic E-state index is 0.147. The molecule has 1 aliphatic rings. The Labute approximate surface area is 76.5 Å². The number of alkyl halides is 2. The standard InChI is InChI=1S/C8H6F4O2/c1-8(12)4(9)2-3(7(13)14)5(10)6(8)11/h2,6H,1H3,(H,13,14). The molecule has 0 spiro atoms. The molecule has 14 heavy (non-hydrogen) atoms. The Kier molecular flexibility index (Phi) is 2.39. The molecule has 78 valence electrons. The van der Waals surface area contributed by atoms with Crippen molar-refractivity contribution in [1.82, 2.24) is 0 Å². The molecular formula is C8H6F4O2. The van der Waals surface area contributed by atoms with Gasteiger partial charge in [0.2, 0.25) is 0 Å². The first-order valence-corrected chi connectivity index (χ1v) is 3.62. The van der Waals surface area contributed by atoms with E-state index in [1.54, 1.807) is 0 Å². The third kappa shape index (κ3) is 1.40. The van der Waals surface area contributed by atoms with Crippen molar-refractivity contribution in [3.63, 3.8) is 0 Å². The number of allylic oxidation sites excluding steroid dienone is 2. The molecule has 2 unspecified atom stereocenters. The molecule has 2 atom stereocenters. The monoisotopic (exact) mass is 210 g/mol. The molecule has 0 bridgehead atoms. The van der Waals surface area contributed by atoms with E-state index in [1.165, 1.54) is 0 Å². The lowest BCUT2D eigenvalue weighted by atomic mass is 9.91. The highest BCUT2D eigenvalue weighted by molar-refractivity contribution is 5.91. The number of rotatable bonds is 1. The molecule has 0 aromatic rings. The second kappa shape index (κ2) is 3.11. The largest absolute Gasteiger partial charge is 0.478 e. The minimum Gasteiger partial charge on any atom is -0.478 e. The molecule has 0 aromatic carbocycles. The lowest BCUT2D eigenvalue weighted by Crippen LogP contribution is -2.36. The van der Waals surface area contributed by atoms with Crippen molar-refractivity contribution < 1.29 is 27.5 Å². The van der Waals surface area contributed by atoms with E-state index < -0.39 is 35.0 Å². The molecule has 1 rings (SSSR count). The third-order valence-corrected chi connectivity index (χ3v) is 1.92. The van der Waals surface area contributed by atoms with Crippen LogP contribution in [0.5, 0.6) is 0 Å². The van der Waals surface area contributed by atoms with Gasteiger partial charge in [0.05, 0.1) is 5.57 Å². The first kappa shape index (κ1) is 10.7. The maximum Gasteiger partial charge on any atom is 0.338 e. The van der Waals surface area contributed by atoms with Crippen molar-refractivity contribution in [2.24, 2.45) is 0 Å². The van der Waals surface area contributed by atoms with Crippen molar-refractivity contribution in [1.29, 1.82) is 0 Å². The summed E-state index contributed by atoms with van der Waals surface area (Å²) in [7, 11) is 0. The molecule has 0 amide bonds. The number of hydrogen-bond donors (Lipinski definition) is 1. The first-order chi connectivity index (χ1) is 6.28. The predicted octanol–water partition coefficient (Wildman–Crippen LogP) is 2.23. The van der Waals surface area contributed by atoms with E-state index in [-0.39, 0.29) is 6.08 Å². The SMILES string of the molecule is CC1(F)C(F)=CC(C(=O)O)=C(F)C1F. The van der Waals surface area contributed by atoms with Gasteiger partial charge in [-0.3, -0.25) is 0 Å². The summed E-state index contributed by atoms with van der Waals surface area (Å²) in [5.74, 6) is -5.27. The number of halogens is 4. The van der Waals surface area contributed by atoms with Crippen LogP contribution in [0.1, 0.15) is 6.92 Å². The molecule has 0 radical (unpaired) electrons. The zero-order chi connectivity index (χ0) is 11.1. The molecular weight excluding hydrogens is 204 g/mol. The van der Waals surface area contributed by atoms with Crippen LogP contribution in [0, 0.1) is 0 Å². The summed E-state index contributed by atoms with van der Waals surface area (Å²) < 4.78 is 51.5. The molecule has 1 N–H and O–H groups in total. The highest BCUT2D eigenvalue weighted by Crippen LogP contribution is 2.39. The zero-order valence-electron chi connectivity index (χ0n) is 7.02. The van der Waals surface area contributed by atoms with Crippen LogP contribution in [0.4, 0.5) is 17.6 Å². The molecule has 0 saturated carbocycles. The Hall–Kier alpha value is -1.33. The topological polar surface area (TPSA) is 37.3 Å². The summed E-state index contributed by atoms with van der Waals surface area (Å²) in [5.41, 5.74) is -4.33. The van der Waals surface area contributed by atoms with Crippen LogP contribution in [0.2, 0.25) is 0 Å². The molecule has 0 fully saturated rings. The van der Waals surface area contributed by atoms with E-state index in [1.807, 2.05) is 0 Å². The summed E-state index contributed by atoms with van der Waals surface area (Å²) in [5, 5.41) is 8.32. The molecule has 0 aliphatic heterocycles. The Morgan fingerprint density at radius 1 is 1.57 bits per heavy atom. The van der Waals surface area contributed by atoms with Gasteiger partial charge in [-0.2, -0.15) is 0 Å². The maximum absolute atomic E-state index is 13.1. The summed E-state index contributed by atoms with van der Waals surface area (Å²) in [6.45, 7) is 0.502. The second-order valence-electron chi connectivity index (χ2n) is 3.00. The van der Waals surface area contributed by atoms with E-state index >= 15 is 0 Å². The van der Waals surface area contributed by atoms with Gasteiger partial charge in [0, 0.05) is 0 Å². The van der Waals surface area contributed by atoms with E-state index in [9.17, 15) is 22.4 Å². The fourth-order valence-electron chi connectivity index (χ4n) is 0.996. The number of hydrogen-bond acceptors (Lipinski definition) is 1. The van der Waals surface area contributed by atoms with Gasteiger partial charge in [-0.15, -0.1) is 0 Å². The number of carboxylic acid groups (broad SMARTS) is 1. The van der Waals surface area contributed by atoms with Crippen molar-refractivity contribution >= 4 is 5.97 Å². The summed E-state index contributed by atoms with van der Waals surface area (Å²) in [6, 6.07) is 0. The normalized spacial score (nSPS) is 32.9. The van der Waals surface area contributed by atoms with Gasteiger partial charge in [-0.25, -0.2) is 22.4 Å². The smallest absolute Gasteiger partial charge is 0.338 e. The van der Waals surface area contributed by atoms with Crippen molar-refractivity contribution in [3.05, 3.63) is 23.3 Å². The lowest BCUT2D eigenvalue weighted by molar-refractivity contribution is -0.132. The second-order valence-corrected chi connectivity index (χ2v) is 3.00. The van der Waals surface area contributed by atoms with Crippen LogP contribution >= 0.6 is 0 Å². The van der Waals surface area contributed by atoms with Gasteiger partial charge in [-0.05, 0) is 13.0 Å². The Balaban J connectivity index is 3.27. The van der Waals surface area contributed by atoms with Crippen LogP contribution < -0.4 is 0 Å². The maximum atomic E-state index is 13.1. The molecule has 1 aliphatic carbocycles. The van der Waals surface area contributed by atoms with E-state index in [4.69, 9.17) is 5.11 Å². The summed E-state index contributed by atoms with van der Waals surface area (Å²) >= 11 is 0. The average molecular weight is 210 g/mol. The predicted molar refractivity (Wildman–Crippen MR) is 39.4 cm³/mol. The Morgan fingerprint density at radius 3 is 2.50 bits per heavy atom. The van der Waals surface area contributed by atoms with Gasteiger partial charge in [0.25, 0.3) is 0 Å². The van der Waals surface area contributed by atoms with Crippen LogP contribution in [0.25, 0.3) is 0 Å². The first-order valence-electron chi connectivity index (χ1n) is 3.62.